The van der Waals surface area contributed by atoms with Crippen molar-refractivity contribution in [3.63, 3.8) is 0 Å². The Morgan fingerprint density at radius 2 is 1.69 bits per heavy atom. The summed E-state index contributed by atoms with van der Waals surface area (Å²) in [7, 11) is -4.64. The molecule has 0 bridgehead atoms. The summed E-state index contributed by atoms with van der Waals surface area (Å²) >= 11 is 0. The van der Waals surface area contributed by atoms with E-state index in [1.165, 1.54) is 0 Å². The number of nitrogens with two attached hydrogens (primary N) is 1. The number of carbonyl (C=O) groups is 1. The van der Waals surface area contributed by atoms with E-state index in [2.05, 4.69) is 6.58 Å². The predicted octanol–water partition coefficient (Wildman–Crippen LogP) is -0.954. The summed E-state index contributed by atoms with van der Waals surface area (Å²) in [5, 5.41) is 8.17. The highest BCUT2D eigenvalue weighted by Crippen LogP contribution is 2.25. The average molecular weight is 213 g/mol. The SMILES string of the molecule is C=C(C(=O)O)C(C)N.O=P(O)(O)O. The molecule has 0 aromatic rings. The summed E-state index contributed by atoms with van der Waals surface area (Å²) in [5.41, 5.74) is 5.20. The first-order chi connectivity index (χ1) is 5.55. The lowest BCUT2D eigenvalue weighted by Gasteiger charge is -2.00. The monoisotopic (exact) mass is 213 g/mol. The Hall–Kier alpha value is -0.720. The Morgan fingerprint density at radius 3 is 1.69 bits per heavy atom. The molecule has 1 atom stereocenters. The maximum Gasteiger partial charge on any atom is 0.466 e. The van der Waals surface area contributed by atoms with E-state index in [1.807, 2.05) is 0 Å². The van der Waals surface area contributed by atoms with Gasteiger partial charge in [0.05, 0.1) is 0 Å². The lowest BCUT2D eigenvalue weighted by Crippen LogP contribution is -2.22. The van der Waals surface area contributed by atoms with E-state index < -0.39 is 19.8 Å². The van der Waals surface area contributed by atoms with Crippen LogP contribution in [0.25, 0.3) is 0 Å². The minimum atomic E-state index is -4.64. The second kappa shape index (κ2) is 5.85. The summed E-state index contributed by atoms with van der Waals surface area (Å²) in [6.07, 6.45) is 0. The van der Waals surface area contributed by atoms with Crippen LogP contribution in [0.2, 0.25) is 0 Å². The second-order valence-electron chi connectivity index (χ2n) is 2.13. The zero-order valence-electron chi connectivity index (χ0n) is 6.91. The molecule has 0 saturated heterocycles. The third kappa shape index (κ3) is 18.3. The van der Waals surface area contributed by atoms with Gasteiger partial charge in [0.2, 0.25) is 0 Å². The Labute approximate surface area is 74.7 Å². The van der Waals surface area contributed by atoms with E-state index in [4.69, 9.17) is 30.1 Å². The second-order valence-corrected chi connectivity index (χ2v) is 3.16. The maximum absolute atomic E-state index is 9.96. The predicted molar refractivity (Wildman–Crippen MR) is 44.7 cm³/mol. The number of carboxylic acid groups (broad SMARTS) is 1. The molecule has 0 spiro atoms. The van der Waals surface area contributed by atoms with Gasteiger partial charge < -0.3 is 25.5 Å². The van der Waals surface area contributed by atoms with Crippen molar-refractivity contribution in [1.29, 1.82) is 0 Å². The first-order valence-electron chi connectivity index (χ1n) is 3.01. The molecule has 8 heteroatoms. The smallest absolute Gasteiger partial charge is 0.466 e. The van der Waals surface area contributed by atoms with Crippen LogP contribution in [-0.4, -0.2) is 31.8 Å². The molecule has 0 saturated carbocycles. The molecule has 7 nitrogen and oxygen atoms in total. The molecule has 0 fully saturated rings. The van der Waals surface area contributed by atoms with E-state index in [9.17, 15) is 4.79 Å². The standard InChI is InChI=1S/C5H9NO2.H3O4P/c1-3(4(2)6)5(7)8;1-5(2,3)4/h4H,1,6H2,2H3,(H,7,8);(H3,1,2,3,4). The molecule has 0 aliphatic heterocycles. The zero-order chi connectivity index (χ0) is 11.2. The molecule has 1 unspecified atom stereocenters. The highest BCUT2D eigenvalue weighted by Gasteiger charge is 2.06. The molecule has 78 valence electrons. The molecular formula is C5H12NO6P. The van der Waals surface area contributed by atoms with Crippen molar-refractivity contribution >= 4 is 13.8 Å². The van der Waals surface area contributed by atoms with Gasteiger partial charge in [-0.3, -0.25) is 0 Å². The van der Waals surface area contributed by atoms with Gasteiger partial charge in [-0.2, -0.15) is 0 Å². The van der Waals surface area contributed by atoms with Gasteiger partial charge in [-0.15, -0.1) is 0 Å². The van der Waals surface area contributed by atoms with Gasteiger partial charge in [0.1, 0.15) is 0 Å². The van der Waals surface area contributed by atoms with Crippen LogP contribution in [0.1, 0.15) is 6.92 Å². The van der Waals surface area contributed by atoms with Crippen molar-refractivity contribution in [2.24, 2.45) is 5.73 Å². The fourth-order valence-electron chi connectivity index (χ4n) is 0.195. The Morgan fingerprint density at radius 1 is 1.46 bits per heavy atom. The molecule has 0 aromatic carbocycles. The molecule has 13 heavy (non-hydrogen) atoms. The molecule has 0 radical (unpaired) electrons. The molecule has 6 N–H and O–H groups in total. The van der Waals surface area contributed by atoms with Crippen LogP contribution >= 0.6 is 7.82 Å². The largest absolute Gasteiger partial charge is 0.478 e. The van der Waals surface area contributed by atoms with E-state index in [-0.39, 0.29) is 5.57 Å². The fraction of sp³-hybridized carbons (Fsp3) is 0.400. The van der Waals surface area contributed by atoms with Crippen LogP contribution in [0.5, 0.6) is 0 Å². The molecule has 0 aliphatic carbocycles. The summed E-state index contributed by atoms with van der Waals surface area (Å²) in [6.45, 7) is 4.81. The summed E-state index contributed by atoms with van der Waals surface area (Å²) in [6, 6.07) is -0.451. The number of hydrogen-bond acceptors (Lipinski definition) is 3. The van der Waals surface area contributed by atoms with Crippen LogP contribution in [-0.2, 0) is 9.36 Å². The number of aliphatic carboxylic acids is 1. The lowest BCUT2D eigenvalue weighted by atomic mass is 10.2. The summed E-state index contributed by atoms with van der Waals surface area (Å²) < 4.78 is 8.88. The van der Waals surface area contributed by atoms with Crippen molar-refractivity contribution in [3.8, 4) is 0 Å². The molecule has 0 amide bonds. The normalized spacial score (nSPS) is 12.4. The van der Waals surface area contributed by atoms with Gasteiger partial charge in [-0.1, -0.05) is 6.58 Å². The third-order valence-electron chi connectivity index (χ3n) is 0.824. The number of hydrogen-bond donors (Lipinski definition) is 5. The summed E-state index contributed by atoms with van der Waals surface area (Å²) in [5.74, 6) is -1.03. The van der Waals surface area contributed by atoms with Gasteiger partial charge in [0.15, 0.2) is 0 Å². The Bertz CT molecular complexity index is 223. The van der Waals surface area contributed by atoms with Crippen molar-refractivity contribution in [3.05, 3.63) is 12.2 Å². The minimum absolute atomic E-state index is 0.0463. The molecule has 0 aliphatic rings. The first-order valence-corrected chi connectivity index (χ1v) is 4.58. The van der Waals surface area contributed by atoms with E-state index in [0.717, 1.165) is 0 Å². The van der Waals surface area contributed by atoms with Crippen LogP contribution in [0.3, 0.4) is 0 Å². The average Bonchev–Trinajstić information content (AvgIpc) is 1.81. The first kappa shape index (κ1) is 14.8. The Kier molecular flexibility index (Phi) is 6.65. The number of rotatable bonds is 2. The van der Waals surface area contributed by atoms with Gasteiger partial charge in [-0.05, 0) is 6.92 Å². The topological polar surface area (TPSA) is 141 Å². The molecule has 0 heterocycles. The van der Waals surface area contributed by atoms with Crippen LogP contribution < -0.4 is 5.73 Å². The fourth-order valence-corrected chi connectivity index (χ4v) is 0.195. The van der Waals surface area contributed by atoms with Crippen LogP contribution in [0.4, 0.5) is 0 Å². The Balaban J connectivity index is 0. The number of phosphoric acid groups is 1. The van der Waals surface area contributed by atoms with Gasteiger partial charge in [0.25, 0.3) is 0 Å². The summed E-state index contributed by atoms with van der Waals surface area (Å²) in [4.78, 5) is 31.5. The highest BCUT2D eigenvalue weighted by atomic mass is 31.2. The van der Waals surface area contributed by atoms with Gasteiger partial charge in [-0.25, -0.2) is 9.36 Å². The van der Waals surface area contributed by atoms with Crippen molar-refractivity contribution in [1.82, 2.24) is 0 Å². The van der Waals surface area contributed by atoms with E-state index >= 15 is 0 Å². The van der Waals surface area contributed by atoms with Crippen molar-refractivity contribution in [2.75, 3.05) is 0 Å². The number of carboxylic acids is 1. The third-order valence-corrected chi connectivity index (χ3v) is 0.824. The minimum Gasteiger partial charge on any atom is -0.478 e. The van der Waals surface area contributed by atoms with Gasteiger partial charge in [0, 0.05) is 11.6 Å². The molecular weight excluding hydrogens is 201 g/mol. The van der Waals surface area contributed by atoms with Crippen LogP contribution in [0.15, 0.2) is 12.2 Å². The zero-order valence-corrected chi connectivity index (χ0v) is 7.81. The molecule has 0 aromatic heterocycles. The van der Waals surface area contributed by atoms with Crippen LogP contribution in [0, 0.1) is 0 Å². The van der Waals surface area contributed by atoms with E-state index in [0.29, 0.717) is 0 Å². The van der Waals surface area contributed by atoms with E-state index in [1.54, 1.807) is 6.92 Å². The van der Waals surface area contributed by atoms with Crippen molar-refractivity contribution in [2.45, 2.75) is 13.0 Å². The maximum atomic E-state index is 9.96. The quantitative estimate of drug-likeness (QED) is 0.294. The van der Waals surface area contributed by atoms with Gasteiger partial charge >= 0.3 is 13.8 Å². The van der Waals surface area contributed by atoms with Crippen molar-refractivity contribution < 1.29 is 29.1 Å². The lowest BCUT2D eigenvalue weighted by molar-refractivity contribution is -0.132. The molecule has 0 rings (SSSR count). The highest BCUT2D eigenvalue weighted by molar-refractivity contribution is 7.45.